The third kappa shape index (κ3) is 2.80. The molecule has 1 aromatic heterocycles. The van der Waals surface area contributed by atoms with Gasteiger partial charge in [-0.1, -0.05) is 6.07 Å². The summed E-state index contributed by atoms with van der Waals surface area (Å²) in [5, 5.41) is 13.5. The van der Waals surface area contributed by atoms with Crippen LogP contribution in [-0.4, -0.2) is 36.4 Å². The Labute approximate surface area is 122 Å². The van der Waals surface area contributed by atoms with Crippen molar-refractivity contribution < 1.29 is 19.1 Å². The number of fused-ring (bicyclic) bond motifs is 1. The third-order valence-corrected chi connectivity index (χ3v) is 3.84. The van der Waals surface area contributed by atoms with Crippen molar-refractivity contribution in [1.29, 1.82) is 0 Å². The first-order chi connectivity index (χ1) is 10.0. The lowest BCUT2D eigenvalue weighted by Crippen LogP contribution is -2.43. The molecule has 5 heteroatoms. The summed E-state index contributed by atoms with van der Waals surface area (Å²) in [6, 6.07) is 3.73. The van der Waals surface area contributed by atoms with Crippen LogP contribution in [0, 0.1) is 13.8 Å². The number of nitrogens with one attached hydrogen (secondary N) is 1. The maximum atomic E-state index is 12.1. The summed E-state index contributed by atoms with van der Waals surface area (Å²) in [6.45, 7) is 4.67. The first-order valence-corrected chi connectivity index (χ1v) is 7.07. The van der Waals surface area contributed by atoms with Crippen molar-refractivity contribution in [2.75, 3.05) is 13.2 Å². The zero-order valence-corrected chi connectivity index (χ0v) is 12.2. The molecule has 0 unspecified atom stereocenters. The Morgan fingerprint density at radius 1 is 1.38 bits per heavy atom. The van der Waals surface area contributed by atoms with E-state index in [0.29, 0.717) is 6.61 Å². The molecule has 0 spiro atoms. The topological polar surface area (TPSA) is 71.7 Å². The van der Waals surface area contributed by atoms with Crippen LogP contribution in [-0.2, 0) is 16.0 Å². The minimum atomic E-state index is -0.626. The molecule has 0 aliphatic carbocycles. The molecule has 0 radical (unpaired) electrons. The molecule has 1 aliphatic rings. The fourth-order valence-electron chi connectivity index (χ4n) is 2.87. The monoisotopic (exact) mass is 289 g/mol. The van der Waals surface area contributed by atoms with Crippen molar-refractivity contribution in [2.45, 2.75) is 32.4 Å². The van der Waals surface area contributed by atoms with E-state index in [2.05, 4.69) is 11.4 Å². The highest BCUT2D eigenvalue weighted by molar-refractivity contribution is 5.90. The molecule has 1 aliphatic heterocycles. The number of hydrogen-bond acceptors (Lipinski definition) is 4. The number of carbonyl (C=O) groups is 1. The number of carbonyl (C=O) groups excluding carboxylic acids is 1. The van der Waals surface area contributed by atoms with Crippen molar-refractivity contribution in [2.24, 2.45) is 0 Å². The van der Waals surface area contributed by atoms with Gasteiger partial charge in [0, 0.05) is 10.9 Å². The van der Waals surface area contributed by atoms with E-state index in [1.807, 2.05) is 19.9 Å². The van der Waals surface area contributed by atoms with E-state index < -0.39 is 6.10 Å². The molecule has 2 atom stereocenters. The van der Waals surface area contributed by atoms with Crippen LogP contribution >= 0.6 is 0 Å². The Morgan fingerprint density at radius 2 is 2.19 bits per heavy atom. The Kier molecular flexibility index (Phi) is 3.69. The minimum absolute atomic E-state index is 0.132. The Hall–Kier alpha value is -1.85. The van der Waals surface area contributed by atoms with E-state index in [1.54, 1.807) is 6.26 Å². The highest BCUT2D eigenvalue weighted by Gasteiger charge is 2.27. The van der Waals surface area contributed by atoms with Crippen LogP contribution in [0.3, 0.4) is 0 Å². The molecule has 2 heterocycles. The van der Waals surface area contributed by atoms with Gasteiger partial charge in [-0.3, -0.25) is 4.79 Å². The fraction of sp³-hybridized carbons (Fsp3) is 0.438. The Bertz CT molecular complexity index is 676. The number of benzene rings is 1. The molecule has 2 aromatic rings. The lowest BCUT2D eigenvalue weighted by Gasteiger charge is -2.14. The maximum absolute atomic E-state index is 12.1. The maximum Gasteiger partial charge on any atom is 0.224 e. The van der Waals surface area contributed by atoms with Crippen molar-refractivity contribution in [3.8, 4) is 0 Å². The number of aryl methyl sites for hydroxylation is 2. The van der Waals surface area contributed by atoms with Crippen LogP contribution in [0.25, 0.3) is 11.0 Å². The molecule has 1 aromatic carbocycles. The van der Waals surface area contributed by atoms with E-state index in [4.69, 9.17) is 9.15 Å². The van der Waals surface area contributed by atoms with Gasteiger partial charge in [0.25, 0.3) is 0 Å². The SMILES string of the molecule is Cc1cc(C)c2c(CC(=O)N[C@H]3COC[C@@H]3O)coc2c1. The number of amides is 1. The highest BCUT2D eigenvalue weighted by atomic mass is 16.5. The van der Waals surface area contributed by atoms with E-state index in [-0.39, 0.29) is 25.0 Å². The van der Waals surface area contributed by atoms with E-state index >= 15 is 0 Å². The molecular formula is C16H19NO4. The van der Waals surface area contributed by atoms with Crippen LogP contribution in [0.15, 0.2) is 22.8 Å². The highest BCUT2D eigenvalue weighted by Crippen LogP contribution is 2.26. The molecule has 1 amide bonds. The summed E-state index contributed by atoms with van der Waals surface area (Å²) < 4.78 is 10.7. The van der Waals surface area contributed by atoms with Crippen LogP contribution in [0.5, 0.6) is 0 Å². The molecule has 21 heavy (non-hydrogen) atoms. The minimum Gasteiger partial charge on any atom is -0.464 e. The second-order valence-electron chi connectivity index (χ2n) is 5.67. The van der Waals surface area contributed by atoms with Crippen molar-refractivity contribution in [3.63, 3.8) is 0 Å². The number of aliphatic hydroxyl groups is 1. The van der Waals surface area contributed by atoms with Crippen LogP contribution in [0.2, 0.25) is 0 Å². The molecule has 0 saturated carbocycles. The van der Waals surface area contributed by atoms with Gasteiger partial charge < -0.3 is 19.6 Å². The summed E-state index contributed by atoms with van der Waals surface area (Å²) >= 11 is 0. The predicted octanol–water partition coefficient (Wildman–Crippen LogP) is 1.47. The van der Waals surface area contributed by atoms with E-state index in [9.17, 15) is 9.90 Å². The van der Waals surface area contributed by atoms with Gasteiger partial charge in [-0.2, -0.15) is 0 Å². The predicted molar refractivity (Wildman–Crippen MR) is 78.1 cm³/mol. The van der Waals surface area contributed by atoms with Crippen molar-refractivity contribution in [3.05, 3.63) is 35.1 Å². The lowest BCUT2D eigenvalue weighted by molar-refractivity contribution is -0.121. The second kappa shape index (κ2) is 5.50. The van der Waals surface area contributed by atoms with Gasteiger partial charge in [-0.25, -0.2) is 0 Å². The average Bonchev–Trinajstić information content (AvgIpc) is 2.97. The van der Waals surface area contributed by atoms with Crippen LogP contribution < -0.4 is 5.32 Å². The summed E-state index contributed by atoms with van der Waals surface area (Å²) in [5.41, 5.74) is 3.91. The van der Waals surface area contributed by atoms with Crippen molar-refractivity contribution >= 4 is 16.9 Å². The number of hydrogen-bond donors (Lipinski definition) is 2. The van der Waals surface area contributed by atoms with Gasteiger partial charge in [0.15, 0.2) is 0 Å². The first kappa shape index (κ1) is 14.1. The van der Waals surface area contributed by atoms with Gasteiger partial charge >= 0.3 is 0 Å². The normalized spacial score (nSPS) is 21.9. The summed E-state index contributed by atoms with van der Waals surface area (Å²) in [4.78, 5) is 12.1. The Morgan fingerprint density at radius 3 is 2.90 bits per heavy atom. The number of furan rings is 1. The van der Waals surface area contributed by atoms with Gasteiger partial charge in [-0.05, 0) is 31.0 Å². The molecule has 1 saturated heterocycles. The molecule has 2 N–H and O–H groups in total. The molecule has 5 nitrogen and oxygen atoms in total. The van der Waals surface area contributed by atoms with E-state index in [1.165, 1.54) is 0 Å². The smallest absolute Gasteiger partial charge is 0.224 e. The largest absolute Gasteiger partial charge is 0.464 e. The summed E-state index contributed by atoms with van der Waals surface area (Å²) in [6.07, 6.45) is 1.25. The molecule has 3 rings (SSSR count). The number of rotatable bonds is 3. The lowest BCUT2D eigenvalue weighted by atomic mass is 10.0. The standard InChI is InChI=1S/C16H19NO4/c1-9-3-10(2)16-11(6-21-14(16)4-9)5-15(19)17-12-7-20-8-13(12)18/h3-4,6,12-13,18H,5,7-8H2,1-2H3,(H,17,19)/t12-,13-/m0/s1. The zero-order valence-electron chi connectivity index (χ0n) is 12.2. The average molecular weight is 289 g/mol. The molecule has 112 valence electrons. The van der Waals surface area contributed by atoms with Gasteiger partial charge in [0.2, 0.25) is 5.91 Å². The van der Waals surface area contributed by atoms with E-state index in [0.717, 1.165) is 27.7 Å². The van der Waals surface area contributed by atoms with Crippen LogP contribution in [0.4, 0.5) is 0 Å². The first-order valence-electron chi connectivity index (χ1n) is 7.07. The third-order valence-electron chi connectivity index (χ3n) is 3.84. The zero-order chi connectivity index (χ0) is 15.0. The fourth-order valence-corrected chi connectivity index (χ4v) is 2.87. The molecular weight excluding hydrogens is 270 g/mol. The van der Waals surface area contributed by atoms with Gasteiger partial charge in [-0.15, -0.1) is 0 Å². The Balaban J connectivity index is 1.77. The summed E-state index contributed by atoms with van der Waals surface area (Å²) in [5.74, 6) is -0.132. The quantitative estimate of drug-likeness (QED) is 0.897. The number of aliphatic hydroxyl groups excluding tert-OH is 1. The van der Waals surface area contributed by atoms with Gasteiger partial charge in [0.1, 0.15) is 5.58 Å². The van der Waals surface area contributed by atoms with Crippen LogP contribution in [0.1, 0.15) is 16.7 Å². The number of ether oxygens (including phenoxy) is 1. The summed E-state index contributed by atoms with van der Waals surface area (Å²) in [7, 11) is 0. The van der Waals surface area contributed by atoms with Crippen molar-refractivity contribution in [1.82, 2.24) is 5.32 Å². The second-order valence-corrected chi connectivity index (χ2v) is 5.67. The molecule has 0 bridgehead atoms. The molecule has 1 fully saturated rings. The van der Waals surface area contributed by atoms with Gasteiger partial charge in [0.05, 0.1) is 38.0 Å².